The normalized spacial score (nSPS) is 30.0. The fourth-order valence-electron chi connectivity index (χ4n) is 4.83. The predicted octanol–water partition coefficient (Wildman–Crippen LogP) is 2.80. The third kappa shape index (κ3) is 3.25. The van der Waals surface area contributed by atoms with Gasteiger partial charge in [0.2, 0.25) is 0 Å². The highest BCUT2D eigenvalue weighted by Crippen LogP contribution is 2.62. The van der Waals surface area contributed by atoms with Crippen LogP contribution in [0.3, 0.4) is 0 Å². The van der Waals surface area contributed by atoms with Gasteiger partial charge in [0, 0.05) is 22.7 Å². The van der Waals surface area contributed by atoms with Crippen LogP contribution in [0.15, 0.2) is 30.5 Å². The van der Waals surface area contributed by atoms with Gasteiger partial charge in [-0.3, -0.25) is 4.79 Å². The number of fused-ring (bicyclic) bond motifs is 1. The molecule has 1 unspecified atom stereocenters. The molecule has 0 spiro atoms. The van der Waals surface area contributed by atoms with Gasteiger partial charge in [-0.15, -0.1) is 5.10 Å². The molecule has 1 heterocycles. The van der Waals surface area contributed by atoms with E-state index in [1.54, 1.807) is 24.3 Å². The Morgan fingerprint density at radius 1 is 1.26 bits per heavy atom. The summed E-state index contributed by atoms with van der Waals surface area (Å²) < 4.78 is 2.04. The average Bonchev–Trinajstić information content (AvgIpc) is 3.53. The highest BCUT2D eigenvalue weighted by molar-refractivity contribution is 6.30. The Balaban J connectivity index is 1.19. The number of carbonyl (C=O) groups is 1. The molecule has 3 aliphatic rings. The number of nitrogens with one attached hydrogen (secondary N) is 1. The summed E-state index contributed by atoms with van der Waals surface area (Å²) in [6, 6.07) is 7.03. The molecule has 3 aliphatic carbocycles. The van der Waals surface area contributed by atoms with Crippen LogP contribution in [0.1, 0.15) is 53.7 Å². The standard InChI is InChI=1S/C20H23ClN4O2/c21-13-5-3-12(4-6-13)20(27)22-18(10-26)19-15-7-14(8-16(15)19)25-9-17(23-24-25)11-1-2-11/h3-6,9,11,14-16,18-19,26H,1-2,7-8,10H2,(H,22,27)/t14-,15-,16+,18?,19+. The molecule has 0 radical (unpaired) electrons. The predicted molar refractivity (Wildman–Crippen MR) is 101 cm³/mol. The molecule has 1 aromatic heterocycles. The Bertz CT molecular complexity index is 836. The number of aliphatic hydroxyl groups excluding tert-OH is 1. The molecule has 0 bridgehead atoms. The first-order valence-corrected chi connectivity index (χ1v) is 10.1. The number of halogens is 1. The van der Waals surface area contributed by atoms with E-state index in [4.69, 9.17) is 11.6 Å². The van der Waals surface area contributed by atoms with E-state index in [2.05, 4.69) is 21.8 Å². The van der Waals surface area contributed by atoms with Gasteiger partial charge in [-0.2, -0.15) is 0 Å². The van der Waals surface area contributed by atoms with Crippen molar-refractivity contribution in [3.8, 4) is 0 Å². The Hall–Kier alpha value is -1.92. The first-order valence-electron chi connectivity index (χ1n) is 9.73. The van der Waals surface area contributed by atoms with Crippen molar-refractivity contribution in [3.63, 3.8) is 0 Å². The Labute approximate surface area is 162 Å². The van der Waals surface area contributed by atoms with Crippen molar-refractivity contribution in [1.82, 2.24) is 20.3 Å². The van der Waals surface area contributed by atoms with Crippen molar-refractivity contribution < 1.29 is 9.90 Å². The van der Waals surface area contributed by atoms with Gasteiger partial charge >= 0.3 is 0 Å². The number of aliphatic hydroxyl groups is 1. The summed E-state index contributed by atoms with van der Waals surface area (Å²) in [7, 11) is 0. The van der Waals surface area contributed by atoms with E-state index in [1.807, 2.05) is 4.68 Å². The van der Waals surface area contributed by atoms with Crippen LogP contribution >= 0.6 is 11.6 Å². The third-order valence-corrected chi connectivity index (χ3v) is 6.72. The minimum absolute atomic E-state index is 0.0309. The summed E-state index contributed by atoms with van der Waals surface area (Å²) in [6.07, 6.45) is 6.70. The maximum Gasteiger partial charge on any atom is 0.251 e. The number of hydrogen-bond donors (Lipinski definition) is 2. The first-order chi connectivity index (χ1) is 13.1. The number of aromatic nitrogens is 3. The van der Waals surface area contributed by atoms with Crippen LogP contribution < -0.4 is 5.32 Å². The van der Waals surface area contributed by atoms with Crippen LogP contribution in [-0.4, -0.2) is 38.7 Å². The molecule has 5 atom stereocenters. The Morgan fingerprint density at radius 3 is 2.59 bits per heavy atom. The average molecular weight is 387 g/mol. The second kappa shape index (κ2) is 6.60. The summed E-state index contributed by atoms with van der Waals surface area (Å²) in [4.78, 5) is 12.4. The first kappa shape index (κ1) is 17.2. The number of hydrogen-bond acceptors (Lipinski definition) is 4. The topological polar surface area (TPSA) is 80.0 Å². The molecule has 1 aromatic carbocycles. The van der Waals surface area contributed by atoms with Crippen LogP contribution in [0.2, 0.25) is 5.02 Å². The summed E-state index contributed by atoms with van der Waals surface area (Å²) in [6.45, 7) is -0.0309. The minimum Gasteiger partial charge on any atom is -0.394 e. The van der Waals surface area contributed by atoms with Crippen LogP contribution in [0.4, 0.5) is 0 Å². The lowest BCUT2D eigenvalue weighted by atomic mass is 10.0. The molecule has 3 saturated carbocycles. The molecular formula is C20H23ClN4O2. The number of benzene rings is 1. The number of carbonyl (C=O) groups excluding carboxylic acids is 1. The zero-order valence-electron chi connectivity index (χ0n) is 15.0. The van der Waals surface area contributed by atoms with Crippen molar-refractivity contribution in [2.24, 2.45) is 17.8 Å². The molecule has 27 heavy (non-hydrogen) atoms. The number of amides is 1. The zero-order chi connectivity index (χ0) is 18.5. The molecule has 7 heteroatoms. The van der Waals surface area contributed by atoms with Gasteiger partial charge in [0.25, 0.3) is 5.91 Å². The van der Waals surface area contributed by atoms with E-state index in [-0.39, 0.29) is 18.6 Å². The van der Waals surface area contributed by atoms with E-state index in [9.17, 15) is 9.90 Å². The van der Waals surface area contributed by atoms with Gasteiger partial charge < -0.3 is 10.4 Å². The zero-order valence-corrected chi connectivity index (χ0v) is 15.7. The van der Waals surface area contributed by atoms with Gasteiger partial charge in [-0.1, -0.05) is 16.8 Å². The van der Waals surface area contributed by atoms with Gasteiger partial charge in [-0.05, 0) is 67.7 Å². The highest BCUT2D eigenvalue weighted by Gasteiger charge is 2.59. The van der Waals surface area contributed by atoms with E-state index in [0.29, 0.717) is 40.3 Å². The number of nitrogens with zero attached hydrogens (tertiary/aromatic N) is 3. The van der Waals surface area contributed by atoms with Crippen molar-refractivity contribution in [3.05, 3.63) is 46.7 Å². The fourth-order valence-corrected chi connectivity index (χ4v) is 4.95. The second-order valence-corrected chi connectivity index (χ2v) is 8.63. The summed E-state index contributed by atoms with van der Waals surface area (Å²) >= 11 is 5.88. The van der Waals surface area contributed by atoms with Crippen molar-refractivity contribution >= 4 is 17.5 Å². The smallest absolute Gasteiger partial charge is 0.251 e. The van der Waals surface area contributed by atoms with Crippen molar-refractivity contribution in [1.29, 1.82) is 0 Å². The van der Waals surface area contributed by atoms with Crippen LogP contribution in [-0.2, 0) is 0 Å². The molecule has 0 aliphatic heterocycles. The Morgan fingerprint density at radius 2 is 1.96 bits per heavy atom. The minimum atomic E-state index is -0.193. The molecule has 2 N–H and O–H groups in total. The molecule has 3 fully saturated rings. The van der Waals surface area contributed by atoms with E-state index in [1.165, 1.54) is 12.8 Å². The lowest BCUT2D eigenvalue weighted by molar-refractivity contribution is 0.0900. The molecule has 142 valence electrons. The van der Waals surface area contributed by atoms with Crippen LogP contribution in [0, 0.1) is 17.8 Å². The van der Waals surface area contributed by atoms with E-state index >= 15 is 0 Å². The maximum atomic E-state index is 12.4. The monoisotopic (exact) mass is 386 g/mol. The van der Waals surface area contributed by atoms with E-state index < -0.39 is 0 Å². The summed E-state index contributed by atoms with van der Waals surface area (Å²) in [5, 5.41) is 22.1. The number of rotatable bonds is 6. The van der Waals surface area contributed by atoms with Gasteiger partial charge in [0.15, 0.2) is 0 Å². The molecule has 6 nitrogen and oxygen atoms in total. The lowest BCUT2D eigenvalue weighted by Gasteiger charge is -2.21. The fraction of sp³-hybridized carbons (Fsp3) is 0.550. The lowest BCUT2D eigenvalue weighted by Crippen LogP contribution is -2.40. The summed E-state index contributed by atoms with van der Waals surface area (Å²) in [5.41, 5.74) is 1.70. The maximum absolute atomic E-state index is 12.4. The van der Waals surface area contributed by atoms with Crippen LogP contribution in [0.5, 0.6) is 0 Å². The largest absolute Gasteiger partial charge is 0.394 e. The van der Waals surface area contributed by atoms with Gasteiger partial charge in [0.1, 0.15) is 0 Å². The Kier molecular flexibility index (Phi) is 4.20. The van der Waals surface area contributed by atoms with Crippen molar-refractivity contribution in [2.45, 2.75) is 43.7 Å². The quantitative estimate of drug-likeness (QED) is 0.800. The SMILES string of the molecule is O=C(NC(CO)[C@H]1[C@@H]2C[C@@H](n3cc(C4CC4)nn3)C[C@@H]21)c1ccc(Cl)cc1. The molecule has 1 amide bonds. The summed E-state index contributed by atoms with van der Waals surface area (Å²) in [5.74, 6) is 1.92. The van der Waals surface area contributed by atoms with Crippen molar-refractivity contribution in [2.75, 3.05) is 6.61 Å². The second-order valence-electron chi connectivity index (χ2n) is 8.20. The van der Waals surface area contributed by atoms with Gasteiger partial charge in [0.05, 0.1) is 24.4 Å². The molecule has 0 saturated heterocycles. The molecular weight excluding hydrogens is 364 g/mol. The molecule has 2 aromatic rings. The van der Waals surface area contributed by atoms with Crippen LogP contribution in [0.25, 0.3) is 0 Å². The molecule has 5 rings (SSSR count). The highest BCUT2D eigenvalue weighted by atomic mass is 35.5. The van der Waals surface area contributed by atoms with E-state index in [0.717, 1.165) is 18.5 Å². The van der Waals surface area contributed by atoms with Gasteiger partial charge in [-0.25, -0.2) is 4.68 Å². The third-order valence-electron chi connectivity index (χ3n) is 6.47.